The van der Waals surface area contributed by atoms with Crippen molar-refractivity contribution in [2.24, 2.45) is 0 Å². The monoisotopic (exact) mass is 364 g/mol. The lowest BCUT2D eigenvalue weighted by Gasteiger charge is -2.24. The number of carboxylic acids is 1. The predicted molar refractivity (Wildman–Crippen MR) is 89.6 cm³/mol. The van der Waals surface area contributed by atoms with Crippen LogP contribution in [0.25, 0.3) is 0 Å². The first-order chi connectivity index (χ1) is 11.7. The highest BCUT2D eigenvalue weighted by molar-refractivity contribution is 7.89. The van der Waals surface area contributed by atoms with Gasteiger partial charge in [0.2, 0.25) is 10.0 Å². The van der Waals surface area contributed by atoms with Gasteiger partial charge in [-0.25, -0.2) is 8.42 Å². The van der Waals surface area contributed by atoms with E-state index in [9.17, 15) is 28.4 Å². The minimum absolute atomic E-state index is 0.00111. The zero-order chi connectivity index (χ0) is 18.6. The van der Waals surface area contributed by atoms with Gasteiger partial charge >= 0.3 is 5.97 Å². The second kappa shape index (κ2) is 7.41. The van der Waals surface area contributed by atoms with Gasteiger partial charge in [0.1, 0.15) is 6.04 Å². The molecule has 0 bridgehead atoms. The summed E-state index contributed by atoms with van der Waals surface area (Å²) < 4.78 is 26.1. The Morgan fingerprint density at radius 3 is 2.20 bits per heavy atom. The number of hydrogen-bond acceptors (Lipinski definition) is 5. The summed E-state index contributed by atoms with van der Waals surface area (Å²) in [5.41, 5.74) is 0.432. The molecule has 1 atom stereocenters. The molecular formula is C16H16N2O6S. The highest BCUT2D eigenvalue weighted by Gasteiger charge is 2.33. The molecule has 2 rings (SSSR count). The zero-order valence-corrected chi connectivity index (χ0v) is 14.1. The van der Waals surface area contributed by atoms with Crippen molar-refractivity contribution in [3.05, 3.63) is 70.3 Å². The van der Waals surface area contributed by atoms with E-state index in [-0.39, 0.29) is 17.0 Å². The van der Waals surface area contributed by atoms with Crippen molar-refractivity contribution in [2.75, 3.05) is 7.05 Å². The first kappa shape index (κ1) is 18.6. The molecule has 0 aliphatic rings. The van der Waals surface area contributed by atoms with Gasteiger partial charge in [-0.3, -0.25) is 14.9 Å². The van der Waals surface area contributed by atoms with Crippen LogP contribution in [-0.4, -0.2) is 41.8 Å². The minimum atomic E-state index is -4.12. The van der Waals surface area contributed by atoms with E-state index in [2.05, 4.69) is 0 Å². The molecule has 25 heavy (non-hydrogen) atoms. The van der Waals surface area contributed by atoms with Gasteiger partial charge in [0.25, 0.3) is 5.69 Å². The lowest BCUT2D eigenvalue weighted by atomic mass is 10.1. The third-order valence-corrected chi connectivity index (χ3v) is 5.60. The Kier molecular flexibility index (Phi) is 5.50. The van der Waals surface area contributed by atoms with E-state index in [1.807, 2.05) is 0 Å². The van der Waals surface area contributed by atoms with Crippen molar-refractivity contribution in [1.82, 2.24) is 4.31 Å². The number of benzene rings is 2. The van der Waals surface area contributed by atoms with Crippen LogP contribution in [0, 0.1) is 10.1 Å². The number of nitrogens with zero attached hydrogens (tertiary/aromatic N) is 2. The van der Waals surface area contributed by atoms with Crippen molar-refractivity contribution in [3.63, 3.8) is 0 Å². The van der Waals surface area contributed by atoms with Crippen LogP contribution in [0.2, 0.25) is 0 Å². The van der Waals surface area contributed by atoms with E-state index >= 15 is 0 Å². The fourth-order valence-corrected chi connectivity index (χ4v) is 3.59. The third-order valence-electron chi connectivity index (χ3n) is 3.72. The quantitative estimate of drug-likeness (QED) is 0.592. The molecule has 0 saturated carbocycles. The van der Waals surface area contributed by atoms with Crippen molar-refractivity contribution in [3.8, 4) is 0 Å². The van der Waals surface area contributed by atoms with E-state index in [0.717, 1.165) is 28.6 Å². The Labute approximate surface area is 144 Å². The van der Waals surface area contributed by atoms with Crippen LogP contribution in [0.3, 0.4) is 0 Å². The van der Waals surface area contributed by atoms with Gasteiger partial charge in [-0.2, -0.15) is 4.31 Å². The van der Waals surface area contributed by atoms with Gasteiger partial charge in [0, 0.05) is 19.2 Å². The summed E-state index contributed by atoms with van der Waals surface area (Å²) in [5.74, 6) is -1.28. The smallest absolute Gasteiger partial charge is 0.322 e. The van der Waals surface area contributed by atoms with E-state index in [1.54, 1.807) is 30.3 Å². The average Bonchev–Trinajstić information content (AvgIpc) is 2.59. The Bertz CT molecular complexity index is 865. The summed E-state index contributed by atoms with van der Waals surface area (Å²) >= 11 is 0. The fraction of sp³-hybridized carbons (Fsp3) is 0.188. The summed E-state index contributed by atoms with van der Waals surface area (Å²) in [6.07, 6.45) is -0.00111. The Morgan fingerprint density at radius 1 is 1.16 bits per heavy atom. The molecule has 8 nitrogen and oxygen atoms in total. The molecule has 0 radical (unpaired) electrons. The lowest BCUT2D eigenvalue weighted by molar-refractivity contribution is -0.384. The van der Waals surface area contributed by atoms with Gasteiger partial charge in [0.15, 0.2) is 0 Å². The Morgan fingerprint density at radius 2 is 1.72 bits per heavy atom. The summed E-state index contributed by atoms with van der Waals surface area (Å²) in [4.78, 5) is 21.4. The number of likely N-dealkylation sites (N-methyl/N-ethyl adjacent to an activating group) is 1. The number of carboxylic acid groups (broad SMARTS) is 1. The molecular weight excluding hydrogens is 348 g/mol. The van der Waals surface area contributed by atoms with E-state index in [1.165, 1.54) is 7.05 Å². The number of hydrogen-bond donors (Lipinski definition) is 1. The SMILES string of the molecule is CN([C@H](Cc1ccccc1)C(=O)O)S(=O)(=O)c1ccc([N+](=O)[O-])cc1. The topological polar surface area (TPSA) is 118 Å². The largest absolute Gasteiger partial charge is 0.480 e. The van der Waals surface area contributed by atoms with Crippen molar-refractivity contribution in [2.45, 2.75) is 17.4 Å². The minimum Gasteiger partial charge on any atom is -0.480 e. The van der Waals surface area contributed by atoms with Crippen LogP contribution in [0.4, 0.5) is 5.69 Å². The van der Waals surface area contributed by atoms with Crippen LogP contribution in [0.1, 0.15) is 5.56 Å². The molecule has 132 valence electrons. The van der Waals surface area contributed by atoms with E-state index in [4.69, 9.17) is 0 Å². The first-order valence-electron chi connectivity index (χ1n) is 7.22. The molecule has 2 aromatic rings. The number of nitro groups is 1. The number of sulfonamides is 1. The molecule has 0 aliphatic heterocycles. The average molecular weight is 364 g/mol. The zero-order valence-electron chi connectivity index (χ0n) is 13.3. The number of rotatable bonds is 7. The number of aliphatic carboxylic acids is 1. The van der Waals surface area contributed by atoms with Gasteiger partial charge in [-0.15, -0.1) is 0 Å². The molecule has 1 N–H and O–H groups in total. The highest BCUT2D eigenvalue weighted by Crippen LogP contribution is 2.21. The second-order valence-corrected chi connectivity index (χ2v) is 7.31. The summed E-state index contributed by atoms with van der Waals surface area (Å²) in [6.45, 7) is 0. The molecule has 0 saturated heterocycles. The second-order valence-electron chi connectivity index (χ2n) is 5.32. The third kappa shape index (κ3) is 4.20. The van der Waals surface area contributed by atoms with Crippen LogP contribution < -0.4 is 0 Å². The van der Waals surface area contributed by atoms with Gasteiger partial charge in [-0.05, 0) is 24.1 Å². The lowest BCUT2D eigenvalue weighted by Crippen LogP contribution is -2.43. The van der Waals surface area contributed by atoms with Crippen molar-refractivity contribution in [1.29, 1.82) is 0 Å². The van der Waals surface area contributed by atoms with Crippen molar-refractivity contribution < 1.29 is 23.2 Å². The first-order valence-corrected chi connectivity index (χ1v) is 8.66. The molecule has 9 heteroatoms. The normalized spacial score (nSPS) is 12.7. The summed E-state index contributed by atoms with van der Waals surface area (Å²) in [7, 11) is -2.94. The van der Waals surface area contributed by atoms with Crippen LogP contribution in [0.5, 0.6) is 0 Å². The van der Waals surface area contributed by atoms with E-state index in [0.29, 0.717) is 5.56 Å². The molecule has 0 amide bonds. The van der Waals surface area contributed by atoms with Gasteiger partial charge in [0.05, 0.1) is 9.82 Å². The number of non-ortho nitro benzene ring substituents is 1. The van der Waals surface area contributed by atoms with Gasteiger partial charge < -0.3 is 5.11 Å². The van der Waals surface area contributed by atoms with Gasteiger partial charge in [-0.1, -0.05) is 30.3 Å². The molecule has 0 unspecified atom stereocenters. The maximum absolute atomic E-state index is 12.6. The van der Waals surface area contributed by atoms with Crippen LogP contribution >= 0.6 is 0 Å². The van der Waals surface area contributed by atoms with Crippen molar-refractivity contribution >= 4 is 21.7 Å². The molecule has 2 aromatic carbocycles. The summed E-state index contributed by atoms with van der Waals surface area (Å²) in [5, 5.41) is 20.1. The van der Waals surface area contributed by atoms with Crippen LogP contribution in [-0.2, 0) is 21.2 Å². The Hall–Kier alpha value is -2.78. The summed E-state index contributed by atoms with van der Waals surface area (Å²) in [6, 6.07) is 11.7. The maximum atomic E-state index is 12.6. The molecule has 0 heterocycles. The fourth-order valence-electron chi connectivity index (χ4n) is 2.28. The Balaban J connectivity index is 2.31. The standard InChI is InChI=1S/C16H16N2O6S/c1-17(15(16(19)20)11-12-5-3-2-4-6-12)25(23,24)14-9-7-13(8-10-14)18(21)22/h2-10,15H,11H2,1H3,(H,19,20)/t15-/m1/s1. The number of carbonyl (C=O) groups is 1. The molecule has 0 spiro atoms. The highest BCUT2D eigenvalue weighted by atomic mass is 32.2. The van der Waals surface area contributed by atoms with E-state index < -0.39 is 27.0 Å². The number of nitro benzene ring substituents is 1. The molecule has 0 aliphatic carbocycles. The molecule has 0 aromatic heterocycles. The predicted octanol–water partition coefficient (Wildman–Crippen LogP) is 1.91. The molecule has 0 fully saturated rings. The van der Waals surface area contributed by atoms with Crippen LogP contribution in [0.15, 0.2) is 59.5 Å². The maximum Gasteiger partial charge on any atom is 0.322 e.